The molecule has 0 amide bonds. The van der Waals surface area contributed by atoms with Crippen molar-refractivity contribution in [2.45, 2.75) is 4.21 Å². The molecule has 2 heterocycles. The van der Waals surface area contributed by atoms with Crippen molar-refractivity contribution in [3.8, 4) is 0 Å². The molecule has 2 aromatic heterocycles. The molecule has 2 aromatic rings. The smallest absolute Gasteiger partial charge is 0.305 e. The second kappa shape index (κ2) is 1.90. The summed E-state index contributed by atoms with van der Waals surface area (Å²) in [5.74, 6) is 0. The van der Waals surface area contributed by atoms with Gasteiger partial charge in [-0.15, -0.1) is 24.0 Å². The Morgan fingerprint density at radius 1 is 1.50 bits per heavy atom. The molecule has 10 heavy (non-hydrogen) atoms. The van der Waals surface area contributed by atoms with Crippen LogP contribution in [0.25, 0.3) is 11.0 Å². The van der Waals surface area contributed by atoms with Crippen LogP contribution >= 0.6 is 24.0 Å². The minimum absolute atomic E-state index is 0.173. The van der Waals surface area contributed by atoms with Crippen LogP contribution in [0, 0.1) is 0 Å². The normalized spacial score (nSPS) is 10.9. The number of thiol groups is 1. The van der Waals surface area contributed by atoms with E-state index in [1.807, 2.05) is 5.38 Å². The summed E-state index contributed by atoms with van der Waals surface area (Å²) in [5, 5.41) is 1.86. The summed E-state index contributed by atoms with van der Waals surface area (Å²) in [6.07, 6.45) is 0. The van der Waals surface area contributed by atoms with Crippen LogP contribution in [0.5, 0.6) is 0 Å². The van der Waals surface area contributed by atoms with Gasteiger partial charge in [-0.05, 0) is 0 Å². The molecule has 0 aromatic carbocycles. The molecule has 0 saturated carbocycles. The van der Waals surface area contributed by atoms with E-state index >= 15 is 0 Å². The zero-order valence-corrected chi connectivity index (χ0v) is 6.55. The summed E-state index contributed by atoms with van der Waals surface area (Å²) in [6.45, 7) is 0. The summed E-state index contributed by atoms with van der Waals surface area (Å²) in [7, 11) is 0. The fourth-order valence-corrected chi connectivity index (χ4v) is 1.85. The Morgan fingerprint density at radius 3 is 3.00 bits per heavy atom. The highest BCUT2D eigenvalue weighted by molar-refractivity contribution is 7.83. The minimum Gasteiger partial charge on any atom is -0.305 e. The first kappa shape index (κ1) is 6.06. The number of aromatic nitrogens is 2. The van der Waals surface area contributed by atoms with Crippen molar-refractivity contribution in [2.75, 3.05) is 0 Å². The summed E-state index contributed by atoms with van der Waals surface area (Å²) < 4.78 is 0.841. The predicted molar refractivity (Wildman–Crippen MR) is 44.0 cm³/mol. The van der Waals surface area contributed by atoms with Crippen LogP contribution in [-0.2, 0) is 0 Å². The highest BCUT2D eigenvalue weighted by Crippen LogP contribution is 2.23. The summed E-state index contributed by atoms with van der Waals surface area (Å²) in [6, 6.07) is 0. The third-order valence-corrected chi connectivity index (χ3v) is 2.58. The van der Waals surface area contributed by atoms with E-state index in [9.17, 15) is 4.79 Å². The Labute approximate surface area is 65.5 Å². The van der Waals surface area contributed by atoms with Gasteiger partial charge in [-0.1, -0.05) is 0 Å². The molecule has 0 aliphatic carbocycles. The SMILES string of the molecule is O=c1[nH]c2csc(S)c2[nH]1. The molecular formula is C5H4N2OS2. The van der Waals surface area contributed by atoms with E-state index < -0.39 is 0 Å². The molecule has 3 nitrogen and oxygen atoms in total. The van der Waals surface area contributed by atoms with Crippen LogP contribution in [0.15, 0.2) is 14.4 Å². The second-order valence-electron chi connectivity index (χ2n) is 1.91. The van der Waals surface area contributed by atoms with Gasteiger partial charge in [0.15, 0.2) is 0 Å². The average Bonchev–Trinajstić information content (AvgIpc) is 2.35. The maximum absolute atomic E-state index is 10.7. The molecular weight excluding hydrogens is 168 g/mol. The number of H-pyrrole nitrogens is 2. The lowest BCUT2D eigenvalue weighted by molar-refractivity contribution is 1.21. The van der Waals surface area contributed by atoms with E-state index in [1.165, 1.54) is 11.3 Å². The summed E-state index contributed by atoms with van der Waals surface area (Å²) >= 11 is 5.64. The fourth-order valence-electron chi connectivity index (χ4n) is 0.828. The molecule has 2 N–H and O–H groups in total. The second-order valence-corrected chi connectivity index (χ2v) is 3.54. The van der Waals surface area contributed by atoms with Crippen LogP contribution in [0.3, 0.4) is 0 Å². The quantitative estimate of drug-likeness (QED) is 0.514. The van der Waals surface area contributed by atoms with E-state index in [0.717, 1.165) is 15.2 Å². The van der Waals surface area contributed by atoms with Crippen molar-refractivity contribution in [3.63, 3.8) is 0 Å². The molecule has 0 bridgehead atoms. The standard InChI is InChI=1S/C5H4N2OS2/c8-5-6-2-1-10-4(9)3(2)7-5/h1,9H,(H2,6,7,8). The van der Waals surface area contributed by atoms with E-state index in [4.69, 9.17) is 0 Å². The number of hydrogen-bond donors (Lipinski definition) is 3. The van der Waals surface area contributed by atoms with E-state index in [2.05, 4.69) is 22.6 Å². The molecule has 5 heteroatoms. The van der Waals surface area contributed by atoms with Crippen LogP contribution in [0.2, 0.25) is 0 Å². The predicted octanol–water partition coefficient (Wildman–Crippen LogP) is 1.21. The van der Waals surface area contributed by atoms with Gasteiger partial charge >= 0.3 is 5.69 Å². The van der Waals surface area contributed by atoms with Crippen molar-refractivity contribution in [3.05, 3.63) is 15.9 Å². The topological polar surface area (TPSA) is 48.6 Å². The lowest BCUT2D eigenvalue weighted by atomic mass is 10.5. The summed E-state index contributed by atoms with van der Waals surface area (Å²) in [5.41, 5.74) is 1.46. The maximum Gasteiger partial charge on any atom is 0.323 e. The molecule has 0 spiro atoms. The summed E-state index contributed by atoms with van der Waals surface area (Å²) in [4.78, 5) is 15.9. The Bertz CT molecular complexity index is 410. The molecule has 0 radical (unpaired) electrons. The van der Waals surface area contributed by atoms with Gasteiger partial charge in [0.25, 0.3) is 0 Å². The lowest BCUT2D eigenvalue weighted by Crippen LogP contribution is -1.99. The van der Waals surface area contributed by atoms with E-state index in [-0.39, 0.29) is 5.69 Å². The van der Waals surface area contributed by atoms with Gasteiger partial charge in [0.1, 0.15) is 0 Å². The molecule has 52 valence electrons. The zero-order valence-electron chi connectivity index (χ0n) is 4.84. The van der Waals surface area contributed by atoms with Crippen molar-refractivity contribution >= 4 is 35.0 Å². The van der Waals surface area contributed by atoms with Gasteiger partial charge in [0, 0.05) is 5.38 Å². The van der Waals surface area contributed by atoms with Gasteiger partial charge in [-0.2, -0.15) is 0 Å². The van der Waals surface area contributed by atoms with Crippen LogP contribution < -0.4 is 5.69 Å². The monoisotopic (exact) mass is 172 g/mol. The molecule has 0 fully saturated rings. The number of fused-ring (bicyclic) bond motifs is 1. The number of imidazole rings is 1. The molecule has 0 atom stereocenters. The molecule has 0 aliphatic heterocycles. The van der Waals surface area contributed by atoms with E-state index in [1.54, 1.807) is 0 Å². The van der Waals surface area contributed by atoms with Gasteiger partial charge < -0.3 is 9.97 Å². The van der Waals surface area contributed by atoms with Crippen molar-refractivity contribution in [1.29, 1.82) is 0 Å². The highest BCUT2D eigenvalue weighted by Gasteiger charge is 2.01. The Hall–Kier alpha value is -0.680. The van der Waals surface area contributed by atoms with Crippen LogP contribution in [0.4, 0.5) is 0 Å². The zero-order chi connectivity index (χ0) is 7.14. The molecule has 0 unspecified atom stereocenters. The number of hydrogen-bond acceptors (Lipinski definition) is 3. The first-order valence-corrected chi connectivity index (χ1v) is 3.98. The van der Waals surface area contributed by atoms with E-state index in [0.29, 0.717) is 0 Å². The van der Waals surface area contributed by atoms with Crippen LogP contribution in [-0.4, -0.2) is 9.97 Å². The number of rotatable bonds is 0. The van der Waals surface area contributed by atoms with Crippen molar-refractivity contribution in [2.24, 2.45) is 0 Å². The average molecular weight is 172 g/mol. The first-order valence-electron chi connectivity index (χ1n) is 2.66. The number of thiophene rings is 1. The number of aromatic amines is 2. The van der Waals surface area contributed by atoms with Gasteiger partial charge in [-0.25, -0.2) is 4.79 Å². The Kier molecular flexibility index (Phi) is 1.15. The Balaban J connectivity index is 3.03. The van der Waals surface area contributed by atoms with Crippen molar-refractivity contribution < 1.29 is 0 Å². The highest BCUT2D eigenvalue weighted by atomic mass is 32.2. The molecule has 2 rings (SSSR count). The third-order valence-electron chi connectivity index (χ3n) is 1.26. The third kappa shape index (κ3) is 0.708. The largest absolute Gasteiger partial charge is 0.323 e. The maximum atomic E-state index is 10.7. The lowest BCUT2D eigenvalue weighted by Gasteiger charge is -1.75. The molecule has 0 saturated heterocycles. The molecule has 0 aliphatic rings. The van der Waals surface area contributed by atoms with Gasteiger partial charge in [0.05, 0.1) is 15.2 Å². The minimum atomic E-state index is -0.173. The number of nitrogens with one attached hydrogen (secondary N) is 2. The van der Waals surface area contributed by atoms with Crippen LogP contribution in [0.1, 0.15) is 0 Å². The first-order chi connectivity index (χ1) is 4.77. The fraction of sp³-hybridized carbons (Fsp3) is 0. The van der Waals surface area contributed by atoms with Gasteiger partial charge in [-0.3, -0.25) is 0 Å². The Morgan fingerprint density at radius 2 is 2.30 bits per heavy atom. The van der Waals surface area contributed by atoms with Gasteiger partial charge in [0.2, 0.25) is 0 Å². The van der Waals surface area contributed by atoms with Crippen molar-refractivity contribution in [1.82, 2.24) is 9.97 Å².